The number of nitrogens with one attached hydrogen (secondary N) is 2. The fourth-order valence-corrected chi connectivity index (χ4v) is 4.78. The van der Waals surface area contributed by atoms with Gasteiger partial charge in [0, 0.05) is 50.6 Å². The number of hydrazine groups is 1. The molecule has 1 amide bonds. The Morgan fingerprint density at radius 3 is 2.58 bits per heavy atom. The third kappa shape index (κ3) is 7.53. The van der Waals surface area contributed by atoms with E-state index in [9.17, 15) is 4.79 Å². The lowest BCUT2D eigenvalue weighted by molar-refractivity contribution is -0.0832. The van der Waals surface area contributed by atoms with Crippen molar-refractivity contribution in [2.75, 3.05) is 33.3 Å². The number of hydrazone groups is 1. The second-order valence-corrected chi connectivity index (χ2v) is 10.6. The van der Waals surface area contributed by atoms with E-state index >= 15 is 0 Å². The standard InChI is InChI=1S/C24H46N6O3/c1-7-29(22-10-8-9-15-32-22)26-16-21(27-25-6)18(2)28-14-13-20(17-28)30(19-11-12-19)23(31)33-24(3,4)5/h16,18-22,25,27H,7-15,17H2,1-6H3/b26-16-/t18-,20+,21?,22?/m0/s1. The topological polar surface area (TPSA) is 81.7 Å². The number of nitrogens with zero attached hydrogens (tertiary/aromatic N) is 4. The lowest BCUT2D eigenvalue weighted by Crippen LogP contribution is -2.53. The van der Waals surface area contributed by atoms with Crippen molar-refractivity contribution in [1.29, 1.82) is 0 Å². The molecule has 3 aliphatic rings. The Hall–Kier alpha value is -1.42. The lowest BCUT2D eigenvalue weighted by Gasteiger charge is -2.34. The molecule has 3 fully saturated rings. The van der Waals surface area contributed by atoms with Gasteiger partial charge >= 0.3 is 6.09 Å². The summed E-state index contributed by atoms with van der Waals surface area (Å²) in [7, 11) is 1.89. The first-order valence-corrected chi connectivity index (χ1v) is 12.8. The molecule has 1 aliphatic carbocycles. The van der Waals surface area contributed by atoms with Gasteiger partial charge in [-0.3, -0.25) is 15.3 Å². The molecule has 0 bridgehead atoms. The van der Waals surface area contributed by atoms with Crippen molar-refractivity contribution < 1.29 is 14.3 Å². The molecule has 2 heterocycles. The van der Waals surface area contributed by atoms with Crippen molar-refractivity contribution in [1.82, 2.24) is 25.7 Å². The molecule has 9 heteroatoms. The molecule has 0 aromatic carbocycles. The summed E-state index contributed by atoms with van der Waals surface area (Å²) in [4.78, 5) is 17.4. The molecular formula is C24H46N6O3. The molecule has 9 nitrogen and oxygen atoms in total. The zero-order chi connectivity index (χ0) is 24.0. The maximum absolute atomic E-state index is 12.9. The number of likely N-dealkylation sites (tertiary alicyclic amines) is 1. The average molecular weight is 467 g/mol. The van der Waals surface area contributed by atoms with Crippen LogP contribution in [-0.2, 0) is 9.47 Å². The molecular weight excluding hydrogens is 420 g/mol. The van der Waals surface area contributed by atoms with E-state index in [-0.39, 0.29) is 30.4 Å². The van der Waals surface area contributed by atoms with Crippen LogP contribution in [0.5, 0.6) is 0 Å². The van der Waals surface area contributed by atoms with Gasteiger partial charge in [-0.2, -0.15) is 5.10 Å². The van der Waals surface area contributed by atoms with E-state index in [1.807, 2.05) is 38.9 Å². The number of ether oxygens (including phenoxy) is 2. The second kappa shape index (κ2) is 11.8. The van der Waals surface area contributed by atoms with Crippen molar-refractivity contribution in [3.63, 3.8) is 0 Å². The van der Waals surface area contributed by atoms with E-state index in [0.29, 0.717) is 6.04 Å². The molecule has 33 heavy (non-hydrogen) atoms. The molecule has 0 spiro atoms. The van der Waals surface area contributed by atoms with Crippen LogP contribution in [-0.4, -0.2) is 96.4 Å². The molecule has 190 valence electrons. The van der Waals surface area contributed by atoms with Crippen LogP contribution in [0.4, 0.5) is 4.79 Å². The van der Waals surface area contributed by atoms with Crippen molar-refractivity contribution >= 4 is 12.3 Å². The Morgan fingerprint density at radius 2 is 2.00 bits per heavy atom. The Bertz CT molecular complexity index is 645. The summed E-state index contributed by atoms with van der Waals surface area (Å²) in [6, 6.07) is 0.783. The Morgan fingerprint density at radius 1 is 1.24 bits per heavy atom. The quantitative estimate of drug-likeness (QED) is 0.378. The largest absolute Gasteiger partial charge is 0.444 e. The molecule has 0 aromatic heterocycles. The van der Waals surface area contributed by atoms with Crippen LogP contribution in [0.3, 0.4) is 0 Å². The van der Waals surface area contributed by atoms with E-state index in [1.54, 1.807) is 0 Å². The minimum atomic E-state index is -0.471. The highest BCUT2D eigenvalue weighted by molar-refractivity contribution is 5.69. The summed E-state index contributed by atoms with van der Waals surface area (Å²) in [6.07, 6.45) is 8.40. The highest BCUT2D eigenvalue weighted by Crippen LogP contribution is 2.33. The summed E-state index contributed by atoms with van der Waals surface area (Å²) in [6.45, 7) is 13.6. The van der Waals surface area contributed by atoms with Gasteiger partial charge < -0.3 is 14.4 Å². The summed E-state index contributed by atoms with van der Waals surface area (Å²) in [5.74, 6) is 0. The molecule has 2 aliphatic heterocycles. The van der Waals surface area contributed by atoms with E-state index in [2.05, 4.69) is 34.6 Å². The molecule has 2 unspecified atom stereocenters. The lowest BCUT2D eigenvalue weighted by atomic mass is 10.1. The van der Waals surface area contributed by atoms with Crippen LogP contribution >= 0.6 is 0 Å². The van der Waals surface area contributed by atoms with Crippen molar-refractivity contribution in [3.8, 4) is 0 Å². The first-order chi connectivity index (χ1) is 15.7. The first kappa shape index (κ1) is 26.2. The SMILES string of the molecule is CCN(/N=C\C(NNC)[C@H](C)N1CC[C@@H](N(C(=O)OC(C)(C)C)C2CC2)C1)C1CCCCO1. The molecule has 0 aromatic rings. The van der Waals surface area contributed by atoms with Crippen molar-refractivity contribution in [2.45, 2.75) is 109 Å². The van der Waals surface area contributed by atoms with E-state index in [1.165, 1.54) is 6.42 Å². The normalized spacial score (nSPS) is 26.4. The van der Waals surface area contributed by atoms with Gasteiger partial charge in [0.05, 0.1) is 6.04 Å². The Balaban J connectivity index is 1.61. The van der Waals surface area contributed by atoms with Crippen molar-refractivity contribution in [3.05, 3.63) is 0 Å². The van der Waals surface area contributed by atoms with Crippen LogP contribution in [0.15, 0.2) is 5.10 Å². The number of amides is 1. The number of carbonyl (C=O) groups excluding carboxylic acids is 1. The fourth-order valence-electron chi connectivity index (χ4n) is 4.78. The molecule has 1 saturated carbocycles. The van der Waals surface area contributed by atoms with E-state index in [4.69, 9.17) is 14.6 Å². The van der Waals surface area contributed by atoms with Gasteiger partial charge in [-0.25, -0.2) is 10.2 Å². The number of carbonyl (C=O) groups is 1. The molecule has 0 radical (unpaired) electrons. The smallest absolute Gasteiger partial charge is 0.410 e. The second-order valence-electron chi connectivity index (χ2n) is 10.6. The van der Waals surface area contributed by atoms with Gasteiger partial charge in [-0.1, -0.05) is 0 Å². The first-order valence-electron chi connectivity index (χ1n) is 12.8. The van der Waals surface area contributed by atoms with Gasteiger partial charge in [0.25, 0.3) is 0 Å². The van der Waals surface area contributed by atoms with Gasteiger partial charge in [0.15, 0.2) is 0 Å². The Kier molecular flexibility index (Phi) is 9.38. The van der Waals surface area contributed by atoms with Crippen LogP contribution < -0.4 is 10.9 Å². The minimum Gasteiger partial charge on any atom is -0.444 e. The summed E-state index contributed by atoms with van der Waals surface area (Å²) >= 11 is 0. The summed E-state index contributed by atoms with van der Waals surface area (Å²) in [5.41, 5.74) is 5.99. The third-order valence-corrected chi connectivity index (χ3v) is 6.73. The van der Waals surface area contributed by atoms with Gasteiger partial charge in [0.1, 0.15) is 11.8 Å². The predicted molar refractivity (Wildman–Crippen MR) is 131 cm³/mol. The predicted octanol–water partition coefficient (Wildman–Crippen LogP) is 2.78. The summed E-state index contributed by atoms with van der Waals surface area (Å²) < 4.78 is 11.7. The zero-order valence-corrected chi connectivity index (χ0v) is 21.5. The van der Waals surface area contributed by atoms with Gasteiger partial charge in [-0.05, 0) is 80.2 Å². The highest BCUT2D eigenvalue weighted by atomic mass is 16.6. The fraction of sp³-hybridized carbons (Fsp3) is 0.917. The Labute approximate surface area is 200 Å². The van der Waals surface area contributed by atoms with Crippen LogP contribution in [0.25, 0.3) is 0 Å². The number of hydrogen-bond acceptors (Lipinski definition) is 8. The number of rotatable bonds is 10. The maximum Gasteiger partial charge on any atom is 0.410 e. The third-order valence-electron chi connectivity index (χ3n) is 6.73. The molecule has 3 rings (SSSR count). The maximum atomic E-state index is 12.9. The molecule has 2 saturated heterocycles. The minimum absolute atomic E-state index is 0.0299. The average Bonchev–Trinajstić information content (AvgIpc) is 3.48. The van der Waals surface area contributed by atoms with Crippen LogP contribution in [0, 0.1) is 0 Å². The van der Waals surface area contributed by atoms with Gasteiger partial charge in [-0.15, -0.1) is 0 Å². The van der Waals surface area contributed by atoms with Crippen molar-refractivity contribution in [2.24, 2.45) is 5.10 Å². The van der Waals surface area contributed by atoms with Crippen LogP contribution in [0.2, 0.25) is 0 Å². The van der Waals surface area contributed by atoms with Crippen LogP contribution in [0.1, 0.15) is 73.1 Å². The van der Waals surface area contributed by atoms with E-state index < -0.39 is 5.60 Å². The van der Waals surface area contributed by atoms with E-state index in [0.717, 1.165) is 58.3 Å². The molecule has 4 atom stereocenters. The highest BCUT2D eigenvalue weighted by Gasteiger charge is 2.43. The van der Waals surface area contributed by atoms with Gasteiger partial charge in [0.2, 0.25) is 0 Å². The number of hydrogen-bond donors (Lipinski definition) is 2. The summed E-state index contributed by atoms with van der Waals surface area (Å²) in [5, 5.41) is 6.86. The zero-order valence-electron chi connectivity index (χ0n) is 21.5. The monoisotopic (exact) mass is 466 g/mol. The molecule has 2 N–H and O–H groups in total.